The zero-order valence-electron chi connectivity index (χ0n) is 8.34. The third kappa shape index (κ3) is 1.40. The third-order valence-corrected chi connectivity index (χ3v) is 2.81. The number of aromatic nitrogens is 2. The molecule has 1 aromatic heterocycles. The van der Waals surface area contributed by atoms with Gasteiger partial charge in [0.25, 0.3) is 0 Å². The molecule has 76 valence electrons. The molecule has 0 bridgehead atoms. The van der Waals surface area contributed by atoms with Gasteiger partial charge in [0.1, 0.15) is 5.75 Å². The first-order valence-electron chi connectivity index (χ1n) is 5.14. The largest absolute Gasteiger partial charge is 0.493 e. The highest BCUT2D eigenvalue weighted by Gasteiger charge is 2.21. The van der Waals surface area contributed by atoms with Crippen LogP contribution in [0.4, 0.5) is 0 Å². The Kier molecular flexibility index (Phi) is 1.95. The van der Waals surface area contributed by atoms with E-state index in [0.717, 1.165) is 18.8 Å². The molecule has 0 aliphatic carbocycles. The number of fused-ring (bicyclic) bond motifs is 1. The van der Waals surface area contributed by atoms with Crippen LogP contribution in [0, 0.1) is 0 Å². The second kappa shape index (κ2) is 3.42. The van der Waals surface area contributed by atoms with Gasteiger partial charge in [-0.3, -0.25) is 0 Å². The number of nitrogens with zero attached hydrogens (tertiary/aromatic N) is 2. The average Bonchev–Trinajstić information content (AvgIpc) is 2.82. The van der Waals surface area contributed by atoms with Gasteiger partial charge in [-0.05, 0) is 6.07 Å². The summed E-state index contributed by atoms with van der Waals surface area (Å²) in [6.45, 7) is 0.778. The molecule has 0 saturated heterocycles. The predicted octanol–water partition coefficient (Wildman–Crippen LogP) is 2.25. The minimum Gasteiger partial charge on any atom is -0.493 e. The predicted molar refractivity (Wildman–Crippen MR) is 56.9 cm³/mol. The van der Waals surface area contributed by atoms with Crippen molar-refractivity contribution in [3.8, 4) is 5.75 Å². The van der Waals surface area contributed by atoms with E-state index in [1.165, 1.54) is 5.56 Å². The highest BCUT2D eigenvalue weighted by molar-refractivity contribution is 5.37. The highest BCUT2D eigenvalue weighted by Crippen LogP contribution is 2.33. The van der Waals surface area contributed by atoms with Gasteiger partial charge in [0, 0.05) is 24.4 Å². The Labute approximate surface area is 88.3 Å². The van der Waals surface area contributed by atoms with E-state index in [4.69, 9.17) is 4.74 Å². The van der Waals surface area contributed by atoms with E-state index in [0.29, 0.717) is 6.04 Å². The Balaban J connectivity index is 2.06. The number of hydrogen-bond donors (Lipinski definition) is 0. The van der Waals surface area contributed by atoms with Crippen molar-refractivity contribution < 1.29 is 4.74 Å². The van der Waals surface area contributed by atoms with E-state index in [1.807, 2.05) is 30.9 Å². The van der Waals surface area contributed by atoms with Crippen LogP contribution in [0.2, 0.25) is 0 Å². The molecule has 3 nitrogen and oxygen atoms in total. The molecular formula is C12H12N2O. The van der Waals surface area contributed by atoms with Crippen molar-refractivity contribution >= 4 is 0 Å². The molecule has 2 heterocycles. The molecule has 1 aromatic carbocycles. The van der Waals surface area contributed by atoms with Crippen LogP contribution in [0.3, 0.4) is 0 Å². The summed E-state index contributed by atoms with van der Waals surface area (Å²) in [5, 5.41) is 0. The van der Waals surface area contributed by atoms with Gasteiger partial charge in [0.15, 0.2) is 0 Å². The lowest BCUT2D eigenvalue weighted by Gasteiger charge is -2.26. The van der Waals surface area contributed by atoms with Gasteiger partial charge in [-0.1, -0.05) is 18.2 Å². The fourth-order valence-electron chi connectivity index (χ4n) is 2.09. The molecule has 2 aromatic rings. The molecule has 1 aliphatic rings. The van der Waals surface area contributed by atoms with Crippen LogP contribution in [-0.4, -0.2) is 16.2 Å². The molecule has 0 fully saturated rings. The van der Waals surface area contributed by atoms with Crippen LogP contribution >= 0.6 is 0 Å². The molecule has 1 aliphatic heterocycles. The monoisotopic (exact) mass is 200 g/mol. The minimum atomic E-state index is 0.373. The first-order chi connectivity index (χ1) is 7.45. The van der Waals surface area contributed by atoms with Gasteiger partial charge < -0.3 is 9.30 Å². The third-order valence-electron chi connectivity index (χ3n) is 2.81. The van der Waals surface area contributed by atoms with Gasteiger partial charge in [-0.15, -0.1) is 0 Å². The highest BCUT2D eigenvalue weighted by atomic mass is 16.5. The molecule has 3 heteroatoms. The molecule has 3 rings (SSSR count). The molecule has 0 N–H and O–H groups in total. The molecule has 0 amide bonds. The number of benzene rings is 1. The van der Waals surface area contributed by atoms with E-state index in [1.54, 1.807) is 0 Å². The maximum absolute atomic E-state index is 5.62. The van der Waals surface area contributed by atoms with Crippen molar-refractivity contribution in [3.05, 3.63) is 48.5 Å². The van der Waals surface area contributed by atoms with Crippen molar-refractivity contribution in [1.29, 1.82) is 0 Å². The van der Waals surface area contributed by atoms with Gasteiger partial charge >= 0.3 is 0 Å². The van der Waals surface area contributed by atoms with Crippen LogP contribution in [0.1, 0.15) is 18.0 Å². The van der Waals surface area contributed by atoms with Crippen molar-refractivity contribution in [2.45, 2.75) is 12.5 Å². The zero-order chi connectivity index (χ0) is 10.1. The Morgan fingerprint density at radius 3 is 3.13 bits per heavy atom. The van der Waals surface area contributed by atoms with E-state index in [9.17, 15) is 0 Å². The van der Waals surface area contributed by atoms with Crippen LogP contribution in [-0.2, 0) is 0 Å². The normalized spacial score (nSPS) is 19.3. The summed E-state index contributed by atoms with van der Waals surface area (Å²) in [6, 6.07) is 8.59. The maximum atomic E-state index is 5.62. The topological polar surface area (TPSA) is 27.1 Å². The van der Waals surface area contributed by atoms with Gasteiger partial charge in [-0.2, -0.15) is 0 Å². The summed E-state index contributed by atoms with van der Waals surface area (Å²) in [5.74, 6) is 1.00. The maximum Gasteiger partial charge on any atom is 0.124 e. The van der Waals surface area contributed by atoms with Crippen molar-refractivity contribution in [3.63, 3.8) is 0 Å². The number of ether oxygens (including phenoxy) is 1. The minimum absolute atomic E-state index is 0.373. The molecule has 0 spiro atoms. The van der Waals surface area contributed by atoms with E-state index < -0.39 is 0 Å². The SMILES string of the molecule is c1ccc2c(c1)OCCC2n1ccnc1. The van der Waals surface area contributed by atoms with Gasteiger partial charge in [0.2, 0.25) is 0 Å². The summed E-state index contributed by atoms with van der Waals surface area (Å²) >= 11 is 0. The van der Waals surface area contributed by atoms with E-state index >= 15 is 0 Å². The molecule has 1 unspecified atom stereocenters. The standard InChI is InChI=1S/C12H12N2O/c1-2-4-12-10(3-1)11(5-8-15-12)14-7-6-13-9-14/h1-4,6-7,9,11H,5,8H2. The molecule has 1 atom stereocenters. The second-order valence-corrected chi connectivity index (χ2v) is 3.70. The average molecular weight is 200 g/mol. The number of rotatable bonds is 1. The Hall–Kier alpha value is -1.77. The van der Waals surface area contributed by atoms with E-state index in [2.05, 4.69) is 21.7 Å². The van der Waals surface area contributed by atoms with Crippen molar-refractivity contribution in [1.82, 2.24) is 9.55 Å². The number of hydrogen-bond acceptors (Lipinski definition) is 2. The molecule has 0 radical (unpaired) electrons. The smallest absolute Gasteiger partial charge is 0.124 e. The van der Waals surface area contributed by atoms with Crippen LogP contribution < -0.4 is 4.74 Å². The Morgan fingerprint density at radius 2 is 2.27 bits per heavy atom. The lowest BCUT2D eigenvalue weighted by atomic mass is 10.0. The lowest BCUT2D eigenvalue weighted by molar-refractivity contribution is 0.256. The number of imidazole rings is 1. The first-order valence-corrected chi connectivity index (χ1v) is 5.14. The Morgan fingerprint density at radius 1 is 1.33 bits per heavy atom. The van der Waals surface area contributed by atoms with Crippen molar-refractivity contribution in [2.24, 2.45) is 0 Å². The summed E-state index contributed by atoms with van der Waals surface area (Å²) in [5.41, 5.74) is 1.25. The molecule has 0 saturated carbocycles. The lowest BCUT2D eigenvalue weighted by Crippen LogP contribution is -2.19. The zero-order valence-corrected chi connectivity index (χ0v) is 8.34. The molecular weight excluding hydrogens is 188 g/mol. The summed E-state index contributed by atoms with van der Waals surface area (Å²) in [4.78, 5) is 4.09. The fourth-order valence-corrected chi connectivity index (χ4v) is 2.09. The summed E-state index contributed by atoms with van der Waals surface area (Å²) in [7, 11) is 0. The fraction of sp³-hybridized carbons (Fsp3) is 0.250. The van der Waals surface area contributed by atoms with Crippen molar-refractivity contribution in [2.75, 3.05) is 6.61 Å². The summed E-state index contributed by atoms with van der Waals surface area (Å²) in [6.07, 6.45) is 6.70. The van der Waals surface area contributed by atoms with Crippen LogP contribution in [0.5, 0.6) is 5.75 Å². The molecule has 15 heavy (non-hydrogen) atoms. The second-order valence-electron chi connectivity index (χ2n) is 3.70. The van der Waals surface area contributed by atoms with Crippen LogP contribution in [0.15, 0.2) is 43.0 Å². The Bertz CT molecular complexity index is 450. The summed E-state index contributed by atoms with van der Waals surface area (Å²) < 4.78 is 7.76. The van der Waals surface area contributed by atoms with Gasteiger partial charge in [0.05, 0.1) is 19.0 Å². The van der Waals surface area contributed by atoms with E-state index in [-0.39, 0.29) is 0 Å². The van der Waals surface area contributed by atoms with Crippen LogP contribution in [0.25, 0.3) is 0 Å². The first kappa shape index (κ1) is 8.53. The number of para-hydroxylation sites is 1. The quantitative estimate of drug-likeness (QED) is 0.706. The van der Waals surface area contributed by atoms with Gasteiger partial charge in [-0.25, -0.2) is 4.98 Å².